The number of fused-ring (bicyclic) bond motifs is 2. The highest BCUT2D eigenvalue weighted by Crippen LogP contribution is 2.41. The largest absolute Gasteiger partial charge is 0.466 e. The zero-order valence-corrected chi connectivity index (χ0v) is 23.6. The molecule has 1 aliphatic heterocycles. The van der Waals surface area contributed by atoms with Crippen LogP contribution in [0.15, 0.2) is 47.5 Å². The summed E-state index contributed by atoms with van der Waals surface area (Å²) in [6, 6.07) is 8.83. The molecule has 13 heteroatoms. The molecule has 3 aliphatic rings. The topological polar surface area (TPSA) is 152 Å². The van der Waals surface area contributed by atoms with Crippen LogP contribution in [0.25, 0.3) is 6.08 Å². The fraction of sp³-hybridized carbons (Fsp3) is 0.407. The minimum absolute atomic E-state index is 0.174. The summed E-state index contributed by atoms with van der Waals surface area (Å²) in [6.07, 6.45) is 8.10. The van der Waals surface area contributed by atoms with Crippen molar-refractivity contribution in [1.82, 2.24) is 19.2 Å². The van der Waals surface area contributed by atoms with Gasteiger partial charge in [-0.05, 0) is 49.7 Å². The van der Waals surface area contributed by atoms with E-state index in [0.717, 1.165) is 41.3 Å². The molecular formula is C27H31N7O4S2. The van der Waals surface area contributed by atoms with Crippen LogP contribution in [-0.4, -0.2) is 65.2 Å². The summed E-state index contributed by atoms with van der Waals surface area (Å²) in [4.78, 5) is 23.6. The number of nitrogens with zero attached hydrogens (tertiary/aromatic N) is 4. The summed E-state index contributed by atoms with van der Waals surface area (Å²) in [7, 11) is -2.02. The van der Waals surface area contributed by atoms with E-state index in [-0.39, 0.29) is 18.1 Å². The number of nitrogen functional groups attached to an aromatic ring is 1. The van der Waals surface area contributed by atoms with Crippen molar-refractivity contribution in [3.63, 3.8) is 0 Å². The minimum Gasteiger partial charge on any atom is -0.466 e. The lowest BCUT2D eigenvalue weighted by Gasteiger charge is -2.22. The summed E-state index contributed by atoms with van der Waals surface area (Å²) in [5.74, 6) is 0.759. The van der Waals surface area contributed by atoms with Gasteiger partial charge in [-0.25, -0.2) is 13.2 Å². The van der Waals surface area contributed by atoms with Gasteiger partial charge in [-0.2, -0.15) is 4.98 Å². The molecule has 1 saturated heterocycles. The fourth-order valence-electron chi connectivity index (χ4n) is 6.05. The van der Waals surface area contributed by atoms with Gasteiger partial charge in [-0.3, -0.25) is 10.3 Å². The summed E-state index contributed by atoms with van der Waals surface area (Å²) < 4.78 is 35.5. The van der Waals surface area contributed by atoms with Crippen molar-refractivity contribution in [2.75, 3.05) is 36.6 Å². The number of urea groups is 1. The molecule has 2 aliphatic carbocycles. The number of hydrogen-bond acceptors (Lipinski definition) is 10. The number of rotatable bonds is 6. The van der Waals surface area contributed by atoms with Gasteiger partial charge in [0.15, 0.2) is 9.84 Å². The third-order valence-corrected chi connectivity index (χ3v) is 10.8. The Kier molecular flexibility index (Phi) is 7.09. The lowest BCUT2D eigenvalue weighted by atomic mass is 10.0. The average Bonchev–Trinajstić information content (AvgIpc) is 3.62. The second-order valence-corrected chi connectivity index (χ2v) is 13.4. The van der Waals surface area contributed by atoms with E-state index in [1.165, 1.54) is 7.11 Å². The quantitative estimate of drug-likeness (QED) is 0.396. The number of likely N-dealkylation sites (tertiary alicyclic amines) is 1. The Morgan fingerprint density at radius 1 is 1.18 bits per heavy atom. The molecule has 2 fully saturated rings. The number of ether oxygens (including phenoxy) is 1. The number of nitrogens with two attached hydrogens (primary N) is 1. The van der Waals surface area contributed by atoms with Crippen LogP contribution in [-0.2, 0) is 16.3 Å². The molecule has 4 atom stereocenters. The predicted molar refractivity (Wildman–Crippen MR) is 154 cm³/mol. The van der Waals surface area contributed by atoms with Crippen LogP contribution in [0, 0.1) is 11.8 Å². The zero-order valence-electron chi connectivity index (χ0n) is 22.0. The molecule has 0 radical (unpaired) electrons. The molecule has 6 rings (SSSR count). The molecule has 1 saturated carbocycles. The van der Waals surface area contributed by atoms with Gasteiger partial charge < -0.3 is 20.7 Å². The number of nitrogens with one attached hydrogen (secondary N) is 2. The van der Waals surface area contributed by atoms with Crippen LogP contribution in [0.4, 0.5) is 21.3 Å². The standard InChI is InChI=1S/C27H31N7O4S2/c1-38-25-31-26(39-33-25)32-27(35)34-14-16-11-18(12-17(16)15-34)30-24-21-9-7-20(8-10-23(21)29-13-22(24)28)40(36,37)19-5-3-2-4-6-19/h2-7,9,13,16-18,20H,8,10-12,14-15,28H2,1H3,(H,29,30)(H,31,32,33,35)/t16-,17?,18?,20?/m0/s1. The molecule has 3 unspecified atom stereocenters. The lowest BCUT2D eigenvalue weighted by Crippen LogP contribution is -2.34. The maximum atomic E-state index is 13.3. The van der Waals surface area contributed by atoms with Crippen LogP contribution in [0.1, 0.15) is 30.5 Å². The van der Waals surface area contributed by atoms with Gasteiger partial charge in [-0.15, -0.1) is 4.37 Å². The second-order valence-electron chi connectivity index (χ2n) is 10.5. The molecule has 210 valence electrons. The highest BCUT2D eigenvalue weighted by atomic mass is 32.2. The monoisotopic (exact) mass is 581 g/mol. The molecule has 4 N–H and O–H groups in total. The first-order chi connectivity index (χ1) is 19.3. The van der Waals surface area contributed by atoms with Crippen molar-refractivity contribution in [1.29, 1.82) is 0 Å². The maximum Gasteiger partial charge on any atom is 0.329 e. The zero-order chi connectivity index (χ0) is 27.9. The lowest BCUT2D eigenvalue weighted by molar-refractivity contribution is 0.218. The number of amides is 2. The van der Waals surface area contributed by atoms with E-state index in [4.69, 9.17) is 10.5 Å². The number of benzene rings is 1. The highest BCUT2D eigenvalue weighted by Gasteiger charge is 2.43. The molecule has 1 aromatic carbocycles. The van der Waals surface area contributed by atoms with Gasteiger partial charge in [0.25, 0.3) is 0 Å². The smallest absolute Gasteiger partial charge is 0.329 e. The Morgan fingerprint density at radius 2 is 1.93 bits per heavy atom. The summed E-state index contributed by atoms with van der Waals surface area (Å²) in [5, 5.41) is 6.25. The van der Waals surface area contributed by atoms with E-state index in [1.54, 1.807) is 36.5 Å². The van der Waals surface area contributed by atoms with Crippen LogP contribution in [0.2, 0.25) is 0 Å². The third kappa shape index (κ3) is 5.10. The van der Waals surface area contributed by atoms with Gasteiger partial charge in [0.1, 0.15) is 0 Å². The fourth-order valence-corrected chi connectivity index (χ4v) is 8.18. The molecule has 40 heavy (non-hydrogen) atoms. The molecule has 3 heterocycles. The number of aryl methyl sites for hydroxylation is 1. The molecule has 11 nitrogen and oxygen atoms in total. The van der Waals surface area contributed by atoms with Crippen LogP contribution in [0.3, 0.4) is 0 Å². The van der Waals surface area contributed by atoms with E-state index in [0.29, 0.717) is 53.5 Å². The molecule has 3 aromatic rings. The number of sulfone groups is 1. The SMILES string of the molecule is COc1nsc(NC(=O)N2CC3CC(Nc4c(N)cnc5c4C=CC(S(=O)(=O)c4ccccc4)CC5)C[C@H]3C2)n1. The molecule has 2 aromatic heterocycles. The van der Waals surface area contributed by atoms with Crippen molar-refractivity contribution in [3.05, 3.63) is 53.9 Å². The molecule has 2 amide bonds. The van der Waals surface area contributed by atoms with Gasteiger partial charge in [0.2, 0.25) is 5.13 Å². The Bertz CT molecular complexity index is 1530. The predicted octanol–water partition coefficient (Wildman–Crippen LogP) is 3.68. The Morgan fingerprint density at radius 3 is 2.62 bits per heavy atom. The number of aromatic nitrogens is 3. The van der Waals surface area contributed by atoms with Crippen LogP contribution >= 0.6 is 11.5 Å². The highest BCUT2D eigenvalue weighted by molar-refractivity contribution is 7.92. The number of methoxy groups -OCH3 is 1. The summed E-state index contributed by atoms with van der Waals surface area (Å²) in [6.45, 7) is 1.35. The Balaban J connectivity index is 1.12. The normalized spacial score (nSPS) is 23.8. The minimum atomic E-state index is -3.51. The van der Waals surface area contributed by atoms with Crippen molar-refractivity contribution in [3.8, 4) is 6.01 Å². The number of carbonyl (C=O) groups excluding carboxylic acids is 1. The van der Waals surface area contributed by atoms with Crippen molar-refractivity contribution >= 4 is 50.0 Å². The number of anilines is 3. The second kappa shape index (κ2) is 10.7. The van der Waals surface area contributed by atoms with E-state index >= 15 is 0 Å². The summed E-state index contributed by atoms with van der Waals surface area (Å²) >= 11 is 1.09. The van der Waals surface area contributed by atoms with Gasteiger partial charge in [-0.1, -0.05) is 30.4 Å². The van der Waals surface area contributed by atoms with Crippen LogP contribution in [0.5, 0.6) is 6.01 Å². The van der Waals surface area contributed by atoms with Crippen molar-refractivity contribution in [2.24, 2.45) is 11.8 Å². The number of hydrogen-bond donors (Lipinski definition) is 3. The number of pyridine rings is 1. The first-order valence-electron chi connectivity index (χ1n) is 13.3. The molecule has 0 spiro atoms. The van der Waals surface area contributed by atoms with Crippen molar-refractivity contribution < 1.29 is 17.9 Å². The van der Waals surface area contributed by atoms with Crippen molar-refractivity contribution in [2.45, 2.75) is 41.9 Å². The summed E-state index contributed by atoms with van der Waals surface area (Å²) in [5.41, 5.74) is 9.44. The molecular weight excluding hydrogens is 550 g/mol. The Hall–Kier alpha value is -3.71. The van der Waals surface area contributed by atoms with Gasteiger partial charge in [0.05, 0.1) is 34.8 Å². The first kappa shape index (κ1) is 26.5. The van der Waals surface area contributed by atoms with E-state index < -0.39 is 15.1 Å². The van der Waals surface area contributed by atoms with Gasteiger partial charge >= 0.3 is 12.0 Å². The average molecular weight is 582 g/mol. The Labute approximate surface area is 236 Å². The van der Waals surface area contributed by atoms with Crippen LogP contribution < -0.4 is 21.1 Å². The van der Waals surface area contributed by atoms with Gasteiger partial charge in [0, 0.05) is 41.9 Å². The number of carbonyl (C=O) groups is 1. The first-order valence-corrected chi connectivity index (χ1v) is 15.6. The third-order valence-electron chi connectivity index (χ3n) is 8.03. The molecule has 0 bridgehead atoms. The van der Waals surface area contributed by atoms with E-state index in [9.17, 15) is 13.2 Å². The maximum absolute atomic E-state index is 13.3. The van der Waals surface area contributed by atoms with E-state index in [2.05, 4.69) is 25.0 Å². The van der Waals surface area contributed by atoms with E-state index in [1.807, 2.05) is 17.0 Å².